The van der Waals surface area contributed by atoms with Crippen molar-refractivity contribution in [2.45, 2.75) is 26.8 Å². The van der Waals surface area contributed by atoms with Crippen molar-refractivity contribution in [1.29, 1.82) is 0 Å². The van der Waals surface area contributed by atoms with Gasteiger partial charge >= 0.3 is 11.8 Å². The quantitative estimate of drug-likeness (QED) is 0.520. The zero-order valence-corrected chi connectivity index (χ0v) is 17.9. The van der Waals surface area contributed by atoms with Crippen molar-refractivity contribution in [1.82, 2.24) is 15.1 Å². The first kappa shape index (κ1) is 22.1. The number of benzene rings is 2. The van der Waals surface area contributed by atoms with Gasteiger partial charge in [0.1, 0.15) is 12.4 Å². The second-order valence-corrected chi connectivity index (χ2v) is 8.11. The van der Waals surface area contributed by atoms with Gasteiger partial charge in [-0.2, -0.15) is 5.10 Å². The molecule has 0 aliphatic heterocycles. The minimum absolute atomic E-state index is 0.181. The van der Waals surface area contributed by atoms with Crippen LogP contribution in [0.2, 0.25) is 0 Å². The van der Waals surface area contributed by atoms with Gasteiger partial charge in [-0.15, -0.1) is 0 Å². The van der Waals surface area contributed by atoms with Crippen LogP contribution in [0, 0.1) is 5.41 Å². The van der Waals surface area contributed by atoms with Crippen LogP contribution in [0.5, 0.6) is 5.75 Å². The fourth-order valence-corrected chi connectivity index (χ4v) is 3.15. The number of hydrogen-bond acceptors (Lipinski definition) is 4. The predicted octanol–water partition coefficient (Wildman–Crippen LogP) is 3.29. The number of carbonyl (C=O) groups excluding carboxylic acids is 2. The van der Waals surface area contributed by atoms with E-state index in [1.165, 1.54) is 5.56 Å². The SMILES string of the molecule is CC(C)(CNC(=O)C(=O)Nc1cccc(OCCn2cccn2)c1)Cc1ccccc1. The molecular formula is C24H28N4O3. The maximum atomic E-state index is 12.3. The summed E-state index contributed by atoms with van der Waals surface area (Å²) in [4.78, 5) is 24.6. The Balaban J connectivity index is 1.46. The number of amides is 2. The fraction of sp³-hybridized carbons (Fsp3) is 0.292. The van der Waals surface area contributed by atoms with Crippen LogP contribution in [-0.2, 0) is 22.6 Å². The summed E-state index contributed by atoms with van der Waals surface area (Å²) in [5.41, 5.74) is 1.51. The smallest absolute Gasteiger partial charge is 0.313 e. The molecule has 0 saturated carbocycles. The van der Waals surface area contributed by atoms with Gasteiger partial charge in [0.05, 0.1) is 6.54 Å². The molecule has 3 rings (SSSR count). The molecule has 7 heteroatoms. The second kappa shape index (κ2) is 10.4. The maximum absolute atomic E-state index is 12.3. The number of aromatic nitrogens is 2. The Hall–Kier alpha value is -3.61. The molecule has 0 bridgehead atoms. The monoisotopic (exact) mass is 420 g/mol. The summed E-state index contributed by atoms with van der Waals surface area (Å²) in [6, 6.07) is 18.9. The highest BCUT2D eigenvalue weighted by Gasteiger charge is 2.22. The highest BCUT2D eigenvalue weighted by Crippen LogP contribution is 2.21. The molecule has 0 atom stereocenters. The molecule has 3 aromatic rings. The number of anilines is 1. The highest BCUT2D eigenvalue weighted by molar-refractivity contribution is 6.39. The Morgan fingerprint density at radius 2 is 1.84 bits per heavy atom. The normalized spacial score (nSPS) is 11.0. The summed E-state index contributed by atoms with van der Waals surface area (Å²) in [7, 11) is 0. The van der Waals surface area contributed by atoms with Crippen molar-refractivity contribution in [3.8, 4) is 5.75 Å². The van der Waals surface area contributed by atoms with Crippen LogP contribution >= 0.6 is 0 Å². The van der Waals surface area contributed by atoms with Crippen molar-refractivity contribution in [2.24, 2.45) is 5.41 Å². The van der Waals surface area contributed by atoms with Gasteiger partial charge in [-0.25, -0.2) is 0 Å². The zero-order chi connectivity index (χ0) is 22.1. The number of rotatable bonds is 9. The molecule has 2 amide bonds. The standard InChI is InChI=1S/C24H28N4O3/c1-24(2,17-19-8-4-3-5-9-19)18-25-22(29)23(30)27-20-10-6-11-21(16-20)31-15-14-28-13-7-12-26-28/h3-13,16H,14-15,17-18H2,1-2H3,(H,25,29)(H,27,30). The van der Waals surface area contributed by atoms with Gasteiger partial charge in [-0.05, 0) is 35.6 Å². The number of ether oxygens (including phenoxy) is 1. The van der Waals surface area contributed by atoms with Crippen LogP contribution in [-0.4, -0.2) is 34.7 Å². The van der Waals surface area contributed by atoms with Crippen molar-refractivity contribution < 1.29 is 14.3 Å². The molecule has 2 aromatic carbocycles. The first-order chi connectivity index (χ1) is 14.9. The number of hydrogen-bond donors (Lipinski definition) is 2. The molecular weight excluding hydrogens is 392 g/mol. The molecule has 0 saturated heterocycles. The maximum Gasteiger partial charge on any atom is 0.313 e. The van der Waals surface area contributed by atoms with Gasteiger partial charge in [-0.1, -0.05) is 50.2 Å². The summed E-state index contributed by atoms with van der Waals surface area (Å²) < 4.78 is 7.47. The number of carbonyl (C=O) groups is 2. The molecule has 2 N–H and O–H groups in total. The minimum Gasteiger partial charge on any atom is -0.492 e. The molecule has 0 aliphatic carbocycles. The lowest BCUT2D eigenvalue weighted by atomic mass is 9.85. The van der Waals surface area contributed by atoms with Gasteiger partial charge in [0.25, 0.3) is 0 Å². The van der Waals surface area contributed by atoms with Crippen molar-refractivity contribution in [3.63, 3.8) is 0 Å². The van der Waals surface area contributed by atoms with Gasteiger partial charge in [0.2, 0.25) is 0 Å². The molecule has 0 aliphatic rings. The highest BCUT2D eigenvalue weighted by atomic mass is 16.5. The Labute approximate surface area is 182 Å². The summed E-state index contributed by atoms with van der Waals surface area (Å²) in [5.74, 6) is -0.760. The van der Waals surface area contributed by atoms with Gasteiger partial charge in [0, 0.05) is 30.7 Å². The molecule has 7 nitrogen and oxygen atoms in total. The van der Waals surface area contributed by atoms with E-state index in [9.17, 15) is 9.59 Å². The summed E-state index contributed by atoms with van der Waals surface area (Å²) >= 11 is 0. The third kappa shape index (κ3) is 7.29. The van der Waals surface area contributed by atoms with Crippen LogP contribution in [0.1, 0.15) is 19.4 Å². The van der Waals surface area contributed by atoms with Crippen LogP contribution in [0.3, 0.4) is 0 Å². The van der Waals surface area contributed by atoms with Gasteiger partial charge in [-0.3, -0.25) is 14.3 Å². The van der Waals surface area contributed by atoms with Crippen molar-refractivity contribution >= 4 is 17.5 Å². The van der Waals surface area contributed by atoms with Crippen LogP contribution in [0.15, 0.2) is 73.1 Å². The van der Waals surface area contributed by atoms with E-state index in [0.717, 1.165) is 6.42 Å². The Morgan fingerprint density at radius 3 is 2.58 bits per heavy atom. The first-order valence-corrected chi connectivity index (χ1v) is 10.2. The predicted molar refractivity (Wildman–Crippen MR) is 120 cm³/mol. The van der Waals surface area contributed by atoms with E-state index < -0.39 is 11.8 Å². The number of nitrogens with zero attached hydrogens (tertiary/aromatic N) is 2. The lowest BCUT2D eigenvalue weighted by molar-refractivity contribution is -0.136. The first-order valence-electron chi connectivity index (χ1n) is 10.2. The molecule has 1 aromatic heterocycles. The van der Waals surface area contributed by atoms with E-state index in [2.05, 4.69) is 41.7 Å². The lowest BCUT2D eigenvalue weighted by Gasteiger charge is -2.25. The molecule has 0 fully saturated rings. The topological polar surface area (TPSA) is 85.3 Å². The number of nitrogens with one attached hydrogen (secondary N) is 2. The van der Waals surface area contributed by atoms with E-state index in [1.807, 2.05) is 30.5 Å². The molecule has 0 unspecified atom stereocenters. The lowest BCUT2D eigenvalue weighted by Crippen LogP contribution is -2.41. The van der Waals surface area contributed by atoms with E-state index in [0.29, 0.717) is 31.1 Å². The molecule has 0 radical (unpaired) electrons. The summed E-state index contributed by atoms with van der Waals surface area (Å²) in [5, 5.41) is 9.48. The molecule has 162 valence electrons. The van der Waals surface area contributed by atoms with Gasteiger partial charge < -0.3 is 15.4 Å². The van der Waals surface area contributed by atoms with Crippen molar-refractivity contribution in [3.05, 3.63) is 78.6 Å². The summed E-state index contributed by atoms with van der Waals surface area (Å²) in [6.45, 7) is 5.57. The largest absolute Gasteiger partial charge is 0.492 e. The van der Waals surface area contributed by atoms with Crippen LogP contribution < -0.4 is 15.4 Å². The van der Waals surface area contributed by atoms with Crippen LogP contribution in [0.4, 0.5) is 5.69 Å². The Kier molecular flexibility index (Phi) is 7.43. The average molecular weight is 421 g/mol. The second-order valence-electron chi connectivity index (χ2n) is 8.11. The zero-order valence-electron chi connectivity index (χ0n) is 17.9. The average Bonchev–Trinajstić information content (AvgIpc) is 3.26. The van der Waals surface area contributed by atoms with E-state index in [4.69, 9.17) is 4.74 Å². The minimum atomic E-state index is -0.704. The third-order valence-corrected chi connectivity index (χ3v) is 4.70. The van der Waals surface area contributed by atoms with E-state index in [1.54, 1.807) is 35.1 Å². The molecule has 1 heterocycles. The van der Waals surface area contributed by atoms with E-state index in [-0.39, 0.29) is 5.41 Å². The van der Waals surface area contributed by atoms with Gasteiger partial charge in [0.15, 0.2) is 0 Å². The van der Waals surface area contributed by atoms with Crippen molar-refractivity contribution in [2.75, 3.05) is 18.5 Å². The summed E-state index contributed by atoms with van der Waals surface area (Å²) in [6.07, 6.45) is 4.37. The van der Waals surface area contributed by atoms with E-state index >= 15 is 0 Å². The molecule has 31 heavy (non-hydrogen) atoms. The molecule has 0 spiro atoms. The Morgan fingerprint density at radius 1 is 1.03 bits per heavy atom. The fourth-order valence-electron chi connectivity index (χ4n) is 3.15. The third-order valence-electron chi connectivity index (χ3n) is 4.70. The van der Waals surface area contributed by atoms with Crippen LogP contribution in [0.25, 0.3) is 0 Å². The Bertz CT molecular complexity index is 985.